The van der Waals surface area contributed by atoms with Gasteiger partial charge in [-0.1, -0.05) is 37.3 Å². The molecule has 0 aliphatic heterocycles. The SMILES string of the molecule is CCc1cccc(C)c1N(CCNC(=O)Cc1ccc(F)cc1)C(C)=O. The van der Waals surface area contributed by atoms with Crippen LogP contribution in [-0.4, -0.2) is 24.9 Å². The first-order valence-corrected chi connectivity index (χ1v) is 8.80. The topological polar surface area (TPSA) is 49.4 Å². The van der Waals surface area contributed by atoms with E-state index in [1.54, 1.807) is 17.0 Å². The molecule has 0 spiro atoms. The van der Waals surface area contributed by atoms with Crippen LogP contribution in [0.4, 0.5) is 10.1 Å². The number of benzene rings is 2. The zero-order valence-electron chi connectivity index (χ0n) is 15.5. The summed E-state index contributed by atoms with van der Waals surface area (Å²) in [5, 5.41) is 2.83. The molecule has 138 valence electrons. The summed E-state index contributed by atoms with van der Waals surface area (Å²) >= 11 is 0. The fourth-order valence-corrected chi connectivity index (χ4v) is 2.98. The van der Waals surface area contributed by atoms with E-state index in [-0.39, 0.29) is 24.1 Å². The maximum Gasteiger partial charge on any atom is 0.224 e. The van der Waals surface area contributed by atoms with Crippen molar-refractivity contribution in [3.63, 3.8) is 0 Å². The Hall–Kier alpha value is -2.69. The standard InChI is InChI=1S/C21H25FN2O2/c1-4-18-7-5-6-15(2)21(18)24(16(3)25)13-12-23-20(26)14-17-8-10-19(22)11-9-17/h5-11H,4,12-14H2,1-3H3,(H,23,26). The van der Waals surface area contributed by atoms with E-state index in [1.165, 1.54) is 19.1 Å². The van der Waals surface area contributed by atoms with E-state index >= 15 is 0 Å². The van der Waals surface area contributed by atoms with Gasteiger partial charge in [0.15, 0.2) is 0 Å². The molecule has 0 saturated heterocycles. The highest BCUT2D eigenvalue weighted by Crippen LogP contribution is 2.25. The number of hydrogen-bond acceptors (Lipinski definition) is 2. The van der Waals surface area contributed by atoms with Crippen LogP contribution in [0.5, 0.6) is 0 Å². The second-order valence-corrected chi connectivity index (χ2v) is 6.26. The first-order valence-electron chi connectivity index (χ1n) is 8.80. The van der Waals surface area contributed by atoms with E-state index in [0.29, 0.717) is 13.1 Å². The predicted molar refractivity (Wildman–Crippen MR) is 102 cm³/mol. The van der Waals surface area contributed by atoms with Gasteiger partial charge in [-0.2, -0.15) is 0 Å². The Morgan fingerprint density at radius 1 is 1.12 bits per heavy atom. The van der Waals surface area contributed by atoms with Gasteiger partial charge in [0.05, 0.1) is 6.42 Å². The molecule has 1 N–H and O–H groups in total. The summed E-state index contributed by atoms with van der Waals surface area (Å²) in [4.78, 5) is 25.9. The van der Waals surface area contributed by atoms with Gasteiger partial charge in [-0.15, -0.1) is 0 Å². The molecule has 0 fully saturated rings. The van der Waals surface area contributed by atoms with Crippen molar-refractivity contribution in [1.82, 2.24) is 5.32 Å². The molecule has 0 bridgehead atoms. The number of hydrogen-bond donors (Lipinski definition) is 1. The molecule has 2 aromatic carbocycles. The van der Waals surface area contributed by atoms with Gasteiger partial charge >= 0.3 is 0 Å². The zero-order chi connectivity index (χ0) is 19.1. The van der Waals surface area contributed by atoms with Crippen molar-refractivity contribution >= 4 is 17.5 Å². The third-order valence-electron chi connectivity index (χ3n) is 4.29. The van der Waals surface area contributed by atoms with Gasteiger partial charge < -0.3 is 10.2 Å². The Labute approximate surface area is 154 Å². The molecule has 0 aromatic heterocycles. The monoisotopic (exact) mass is 356 g/mol. The maximum absolute atomic E-state index is 12.9. The van der Waals surface area contributed by atoms with Crippen molar-refractivity contribution in [2.24, 2.45) is 0 Å². The van der Waals surface area contributed by atoms with Crippen LogP contribution in [0.25, 0.3) is 0 Å². The molecule has 4 nitrogen and oxygen atoms in total. The van der Waals surface area contributed by atoms with Crippen LogP contribution in [0.1, 0.15) is 30.5 Å². The summed E-state index contributed by atoms with van der Waals surface area (Å²) in [6.45, 7) is 6.34. The first-order chi connectivity index (χ1) is 12.4. The molecule has 2 rings (SSSR count). The molecule has 0 aliphatic carbocycles. The lowest BCUT2D eigenvalue weighted by Gasteiger charge is -2.26. The summed E-state index contributed by atoms with van der Waals surface area (Å²) in [5.74, 6) is -0.529. The lowest BCUT2D eigenvalue weighted by atomic mass is 10.0. The number of para-hydroxylation sites is 1. The first kappa shape index (κ1) is 19.6. The lowest BCUT2D eigenvalue weighted by molar-refractivity contribution is -0.121. The molecule has 0 radical (unpaired) electrons. The van der Waals surface area contributed by atoms with E-state index in [9.17, 15) is 14.0 Å². The number of anilines is 1. The summed E-state index contributed by atoms with van der Waals surface area (Å²) in [7, 11) is 0. The van der Waals surface area contributed by atoms with Gasteiger partial charge in [-0.05, 0) is 42.2 Å². The molecule has 2 aromatic rings. The van der Waals surface area contributed by atoms with Crippen molar-refractivity contribution in [3.8, 4) is 0 Å². The van der Waals surface area contributed by atoms with Gasteiger partial charge in [-0.25, -0.2) is 4.39 Å². The van der Waals surface area contributed by atoms with Crippen LogP contribution >= 0.6 is 0 Å². The summed E-state index contributed by atoms with van der Waals surface area (Å²) in [6.07, 6.45) is 1.02. The predicted octanol–water partition coefficient (Wildman–Crippen LogP) is 3.41. The highest BCUT2D eigenvalue weighted by molar-refractivity contribution is 5.93. The zero-order valence-corrected chi connectivity index (χ0v) is 15.5. The molecule has 0 saturated carbocycles. The van der Waals surface area contributed by atoms with E-state index in [4.69, 9.17) is 0 Å². The third kappa shape index (κ3) is 5.15. The van der Waals surface area contributed by atoms with Crippen LogP contribution in [0.3, 0.4) is 0 Å². The Morgan fingerprint density at radius 2 is 1.81 bits per heavy atom. The second kappa shape index (κ2) is 9.13. The molecular formula is C21H25FN2O2. The lowest BCUT2D eigenvalue weighted by Crippen LogP contribution is -2.38. The van der Waals surface area contributed by atoms with Gasteiger partial charge in [-0.3, -0.25) is 9.59 Å². The molecular weight excluding hydrogens is 331 g/mol. The number of amides is 2. The third-order valence-corrected chi connectivity index (χ3v) is 4.29. The van der Waals surface area contributed by atoms with Crippen LogP contribution in [-0.2, 0) is 22.4 Å². The molecule has 26 heavy (non-hydrogen) atoms. The molecule has 2 amide bonds. The Morgan fingerprint density at radius 3 is 2.42 bits per heavy atom. The van der Waals surface area contributed by atoms with E-state index < -0.39 is 0 Å². The van der Waals surface area contributed by atoms with Gasteiger partial charge in [0.2, 0.25) is 11.8 Å². The van der Waals surface area contributed by atoms with Crippen LogP contribution < -0.4 is 10.2 Å². The minimum Gasteiger partial charge on any atom is -0.354 e. The Kier molecular flexibility index (Phi) is 6.89. The minimum atomic E-state index is -0.323. The number of carbonyl (C=O) groups excluding carboxylic acids is 2. The van der Waals surface area contributed by atoms with Gasteiger partial charge in [0, 0.05) is 25.7 Å². The number of nitrogens with one attached hydrogen (secondary N) is 1. The van der Waals surface area contributed by atoms with Crippen molar-refractivity contribution in [3.05, 3.63) is 65.0 Å². The highest BCUT2D eigenvalue weighted by atomic mass is 19.1. The number of halogens is 1. The van der Waals surface area contributed by atoms with Gasteiger partial charge in [0.25, 0.3) is 0 Å². The van der Waals surface area contributed by atoms with Crippen molar-refractivity contribution in [2.75, 3.05) is 18.0 Å². The van der Waals surface area contributed by atoms with Crippen LogP contribution in [0.2, 0.25) is 0 Å². The highest BCUT2D eigenvalue weighted by Gasteiger charge is 2.17. The number of rotatable bonds is 7. The fraction of sp³-hybridized carbons (Fsp3) is 0.333. The molecule has 0 heterocycles. The summed E-state index contributed by atoms with van der Waals surface area (Å²) in [6, 6.07) is 11.9. The van der Waals surface area contributed by atoms with Crippen LogP contribution in [0.15, 0.2) is 42.5 Å². The second-order valence-electron chi connectivity index (χ2n) is 6.26. The number of aryl methyl sites for hydroxylation is 2. The Bertz CT molecular complexity index is 772. The summed E-state index contributed by atoms with van der Waals surface area (Å²) in [5.41, 5.74) is 3.82. The average molecular weight is 356 g/mol. The fourth-order valence-electron chi connectivity index (χ4n) is 2.98. The molecule has 5 heteroatoms. The van der Waals surface area contributed by atoms with Crippen molar-refractivity contribution in [2.45, 2.75) is 33.6 Å². The number of carbonyl (C=O) groups is 2. The smallest absolute Gasteiger partial charge is 0.224 e. The molecule has 0 atom stereocenters. The van der Waals surface area contributed by atoms with E-state index in [0.717, 1.165) is 28.8 Å². The number of nitrogens with zero attached hydrogens (tertiary/aromatic N) is 1. The largest absolute Gasteiger partial charge is 0.354 e. The van der Waals surface area contributed by atoms with E-state index in [2.05, 4.69) is 12.2 Å². The Balaban J connectivity index is 1.98. The van der Waals surface area contributed by atoms with Crippen molar-refractivity contribution in [1.29, 1.82) is 0 Å². The molecule has 0 aliphatic rings. The van der Waals surface area contributed by atoms with Crippen molar-refractivity contribution < 1.29 is 14.0 Å². The van der Waals surface area contributed by atoms with E-state index in [1.807, 2.05) is 25.1 Å². The van der Waals surface area contributed by atoms with Crippen LogP contribution in [0, 0.1) is 12.7 Å². The minimum absolute atomic E-state index is 0.0539. The normalized spacial score (nSPS) is 10.5. The van der Waals surface area contributed by atoms with Gasteiger partial charge in [0.1, 0.15) is 5.82 Å². The molecule has 0 unspecified atom stereocenters. The maximum atomic E-state index is 12.9. The average Bonchev–Trinajstić information content (AvgIpc) is 2.61. The summed E-state index contributed by atoms with van der Waals surface area (Å²) < 4.78 is 12.9. The quantitative estimate of drug-likeness (QED) is 0.826.